The molecule has 0 saturated carbocycles. The molecule has 0 aliphatic carbocycles. The zero-order chi connectivity index (χ0) is 19.8. The molecule has 0 bridgehead atoms. The highest BCUT2D eigenvalue weighted by atomic mass is 16.3. The minimum Gasteiger partial charge on any atom is -0.391 e. The summed E-state index contributed by atoms with van der Waals surface area (Å²) in [7, 11) is 1.46. The molecular weight excluding hydrogens is 352 g/mol. The van der Waals surface area contributed by atoms with Gasteiger partial charge in [0, 0.05) is 12.6 Å². The van der Waals surface area contributed by atoms with Gasteiger partial charge in [-0.15, -0.1) is 0 Å². The quantitative estimate of drug-likeness (QED) is 0.651. The van der Waals surface area contributed by atoms with Crippen LogP contribution in [0.4, 0.5) is 0 Å². The Morgan fingerprint density at radius 3 is 2.00 bits per heavy atom. The number of hydrogen-bond acceptors (Lipinski definition) is 3. The molecule has 3 N–H and O–H groups in total. The Labute approximate surface area is 168 Å². The summed E-state index contributed by atoms with van der Waals surface area (Å²) in [6, 6.07) is 14.7. The van der Waals surface area contributed by atoms with Gasteiger partial charge in [0.2, 0.25) is 5.91 Å². The van der Waals surface area contributed by atoms with Crippen molar-refractivity contribution in [1.29, 1.82) is 0 Å². The van der Waals surface area contributed by atoms with Crippen molar-refractivity contribution >= 4 is 11.8 Å². The van der Waals surface area contributed by atoms with Crippen molar-refractivity contribution < 1.29 is 14.7 Å². The van der Waals surface area contributed by atoms with Crippen LogP contribution < -0.4 is 10.6 Å². The summed E-state index contributed by atoms with van der Waals surface area (Å²) in [5, 5.41) is 14.7. The first-order valence-electron chi connectivity index (χ1n) is 9.36. The van der Waals surface area contributed by atoms with Gasteiger partial charge < -0.3 is 15.7 Å². The molecule has 0 saturated heterocycles. The van der Waals surface area contributed by atoms with Crippen LogP contribution in [-0.2, 0) is 11.2 Å². The van der Waals surface area contributed by atoms with Crippen molar-refractivity contribution in [3.05, 3.63) is 59.7 Å². The number of nitrogens with one attached hydrogen (secondary N) is 2. The van der Waals surface area contributed by atoms with E-state index in [-0.39, 0.29) is 7.43 Å². The Morgan fingerprint density at radius 2 is 1.54 bits per heavy atom. The molecule has 28 heavy (non-hydrogen) atoms. The predicted molar refractivity (Wildman–Crippen MR) is 114 cm³/mol. The average Bonchev–Trinajstić information content (AvgIpc) is 2.70. The molecule has 2 aromatic rings. The van der Waals surface area contributed by atoms with Crippen LogP contribution in [-0.4, -0.2) is 36.1 Å². The fourth-order valence-electron chi connectivity index (χ4n) is 2.84. The standard InChI is InChI=1S/C22H28N2O3.CH4/c1-4-5-6-16-7-9-17(10-8-16)18-11-13-19(14-12-18)21(26)24-20(15(2)25)22(27)23-3;/h7-15,20,25H,4-6H2,1-3H3,(H,23,27)(H,24,26);1H4/t15-,20+;/m1./s1. The van der Waals surface area contributed by atoms with Gasteiger partial charge in [0.25, 0.3) is 5.91 Å². The summed E-state index contributed by atoms with van der Waals surface area (Å²) >= 11 is 0. The predicted octanol–water partition coefficient (Wildman–Crippen LogP) is 3.56. The van der Waals surface area contributed by atoms with Crippen LogP contribution in [0.15, 0.2) is 48.5 Å². The minimum atomic E-state index is -0.988. The summed E-state index contributed by atoms with van der Waals surface area (Å²) in [5.41, 5.74) is 3.88. The topological polar surface area (TPSA) is 78.4 Å². The maximum Gasteiger partial charge on any atom is 0.252 e. The van der Waals surface area contributed by atoms with E-state index < -0.39 is 24.0 Å². The minimum absolute atomic E-state index is 0. The monoisotopic (exact) mass is 384 g/mol. The second kappa shape index (κ2) is 11.2. The first kappa shape index (κ1) is 23.4. The fraction of sp³-hybridized carbons (Fsp3) is 0.391. The van der Waals surface area contributed by atoms with Crippen molar-refractivity contribution in [2.45, 2.75) is 52.7 Å². The number of carbonyl (C=O) groups is 2. The highest BCUT2D eigenvalue weighted by Gasteiger charge is 2.25. The highest BCUT2D eigenvalue weighted by molar-refractivity contribution is 5.98. The van der Waals surface area contributed by atoms with E-state index in [2.05, 4.69) is 41.8 Å². The Morgan fingerprint density at radius 1 is 1.00 bits per heavy atom. The number of unbranched alkanes of at least 4 members (excludes halogenated alkanes) is 1. The van der Waals surface area contributed by atoms with E-state index in [1.807, 2.05) is 12.1 Å². The van der Waals surface area contributed by atoms with Crippen molar-refractivity contribution in [2.75, 3.05) is 7.05 Å². The summed E-state index contributed by atoms with van der Waals surface area (Å²) in [5.74, 6) is -0.830. The number of hydrogen-bond donors (Lipinski definition) is 3. The molecular formula is C23H32N2O3. The lowest BCUT2D eigenvalue weighted by atomic mass is 10.0. The number of benzene rings is 2. The smallest absolute Gasteiger partial charge is 0.252 e. The third-order valence-electron chi connectivity index (χ3n) is 4.55. The van der Waals surface area contributed by atoms with Crippen LogP contribution in [0.5, 0.6) is 0 Å². The van der Waals surface area contributed by atoms with E-state index in [4.69, 9.17) is 0 Å². The Bertz CT molecular complexity index is 752. The van der Waals surface area contributed by atoms with Gasteiger partial charge in [-0.05, 0) is 48.6 Å². The molecule has 0 aliphatic rings. The van der Waals surface area contributed by atoms with Crippen LogP contribution in [0.25, 0.3) is 11.1 Å². The SMILES string of the molecule is C.CCCCc1ccc(-c2ccc(C(=O)N[C@H](C(=O)NC)[C@@H](C)O)cc2)cc1. The van der Waals surface area contributed by atoms with Crippen molar-refractivity contribution in [1.82, 2.24) is 10.6 Å². The zero-order valence-corrected chi connectivity index (χ0v) is 16.2. The lowest BCUT2D eigenvalue weighted by molar-refractivity contribution is -0.124. The lowest BCUT2D eigenvalue weighted by Crippen LogP contribution is -2.51. The van der Waals surface area contributed by atoms with Crippen LogP contribution in [0.2, 0.25) is 0 Å². The van der Waals surface area contributed by atoms with Crippen molar-refractivity contribution in [3.8, 4) is 11.1 Å². The molecule has 2 rings (SSSR count). The maximum atomic E-state index is 12.4. The summed E-state index contributed by atoms with van der Waals surface area (Å²) < 4.78 is 0. The van der Waals surface area contributed by atoms with E-state index in [1.165, 1.54) is 32.4 Å². The van der Waals surface area contributed by atoms with Crippen molar-refractivity contribution in [3.63, 3.8) is 0 Å². The van der Waals surface area contributed by atoms with E-state index >= 15 is 0 Å². The fourth-order valence-corrected chi connectivity index (χ4v) is 2.84. The number of amides is 2. The molecule has 152 valence electrons. The summed E-state index contributed by atoms with van der Waals surface area (Å²) in [4.78, 5) is 24.1. The van der Waals surface area contributed by atoms with E-state index in [9.17, 15) is 14.7 Å². The normalized spacial score (nSPS) is 12.4. The number of carbonyl (C=O) groups excluding carboxylic acids is 2. The zero-order valence-electron chi connectivity index (χ0n) is 16.2. The second-order valence-electron chi connectivity index (χ2n) is 6.68. The summed E-state index contributed by atoms with van der Waals surface area (Å²) in [6.45, 7) is 3.65. The van der Waals surface area contributed by atoms with Gasteiger partial charge in [0.15, 0.2) is 0 Å². The molecule has 2 aromatic carbocycles. The average molecular weight is 385 g/mol. The van der Waals surface area contributed by atoms with Crippen molar-refractivity contribution in [2.24, 2.45) is 0 Å². The first-order chi connectivity index (χ1) is 13.0. The molecule has 0 heterocycles. The molecule has 2 amide bonds. The first-order valence-corrected chi connectivity index (χ1v) is 9.36. The van der Waals surface area contributed by atoms with Gasteiger partial charge in [0.1, 0.15) is 6.04 Å². The van der Waals surface area contributed by atoms with Gasteiger partial charge in [-0.25, -0.2) is 0 Å². The Hall–Kier alpha value is -2.66. The largest absolute Gasteiger partial charge is 0.391 e. The molecule has 0 radical (unpaired) electrons. The third-order valence-corrected chi connectivity index (χ3v) is 4.55. The van der Waals surface area contributed by atoms with Gasteiger partial charge in [-0.1, -0.05) is 57.2 Å². The number of rotatable bonds is 8. The molecule has 0 fully saturated rings. The van der Waals surface area contributed by atoms with Crippen LogP contribution in [0.1, 0.15) is 50.0 Å². The molecule has 0 spiro atoms. The highest BCUT2D eigenvalue weighted by Crippen LogP contribution is 2.21. The molecule has 0 aliphatic heterocycles. The number of aliphatic hydroxyl groups is 1. The van der Waals surface area contributed by atoms with E-state index in [0.717, 1.165) is 17.5 Å². The Balaban J connectivity index is 0.00000392. The molecule has 0 aromatic heterocycles. The number of likely N-dealkylation sites (N-methyl/N-ethyl adjacent to an activating group) is 1. The molecule has 2 atom stereocenters. The van der Waals surface area contributed by atoms with Gasteiger partial charge in [-0.2, -0.15) is 0 Å². The Kier molecular flexibility index (Phi) is 9.39. The van der Waals surface area contributed by atoms with Crippen LogP contribution in [0.3, 0.4) is 0 Å². The van der Waals surface area contributed by atoms with Gasteiger partial charge >= 0.3 is 0 Å². The second-order valence-corrected chi connectivity index (χ2v) is 6.68. The summed E-state index contributed by atoms with van der Waals surface area (Å²) in [6.07, 6.45) is 2.47. The maximum absolute atomic E-state index is 12.4. The molecule has 0 unspecified atom stereocenters. The van der Waals surface area contributed by atoms with Gasteiger partial charge in [0.05, 0.1) is 6.10 Å². The lowest BCUT2D eigenvalue weighted by Gasteiger charge is -2.19. The molecule has 5 nitrogen and oxygen atoms in total. The van der Waals surface area contributed by atoms with Gasteiger partial charge in [-0.3, -0.25) is 9.59 Å². The third kappa shape index (κ3) is 6.20. The van der Waals surface area contributed by atoms with E-state index in [0.29, 0.717) is 5.56 Å². The number of aliphatic hydroxyl groups excluding tert-OH is 1. The number of aryl methyl sites for hydroxylation is 1. The van der Waals surface area contributed by atoms with Crippen LogP contribution in [0, 0.1) is 0 Å². The van der Waals surface area contributed by atoms with Crippen LogP contribution >= 0.6 is 0 Å². The molecule has 5 heteroatoms. The van der Waals surface area contributed by atoms with E-state index in [1.54, 1.807) is 12.1 Å².